The first-order valence-corrected chi connectivity index (χ1v) is 4.37. The zero-order valence-electron chi connectivity index (χ0n) is 7.92. The fourth-order valence-electron chi connectivity index (χ4n) is 1.67. The number of halogens is 2. The van der Waals surface area contributed by atoms with Gasteiger partial charge in [-0.05, 0) is 24.6 Å². The summed E-state index contributed by atoms with van der Waals surface area (Å²) in [6.07, 6.45) is 0.760. The number of ether oxygens (including phenoxy) is 1. The Morgan fingerprint density at radius 2 is 2.21 bits per heavy atom. The fraction of sp³-hybridized carbons (Fsp3) is 0.400. The Morgan fingerprint density at radius 3 is 2.93 bits per heavy atom. The van der Waals surface area contributed by atoms with Gasteiger partial charge in [-0.25, -0.2) is 4.39 Å². The van der Waals surface area contributed by atoms with Crippen LogP contribution in [0.5, 0.6) is 5.75 Å². The monoisotopic (exact) mass is 217 g/mol. The molecule has 1 atom stereocenters. The molecule has 0 aliphatic carbocycles. The number of aryl methyl sites for hydroxylation is 1. The average molecular weight is 218 g/mol. The first-order valence-electron chi connectivity index (χ1n) is 4.37. The molecule has 2 N–H and O–H groups in total. The molecule has 1 aliphatic heterocycles. The van der Waals surface area contributed by atoms with Crippen LogP contribution in [0.2, 0.25) is 0 Å². The molecule has 0 saturated heterocycles. The zero-order valence-corrected chi connectivity index (χ0v) is 8.73. The molecule has 2 rings (SSSR count). The van der Waals surface area contributed by atoms with E-state index in [1.807, 2.05) is 6.92 Å². The van der Waals surface area contributed by atoms with Crippen LogP contribution in [0.25, 0.3) is 0 Å². The van der Waals surface area contributed by atoms with Gasteiger partial charge in [-0.3, -0.25) is 0 Å². The molecule has 0 bridgehead atoms. The zero-order chi connectivity index (χ0) is 9.42. The SMILES string of the molecule is Cc1cc(F)cc2c1OCC[C@@H]2N.Cl. The Bertz CT molecular complexity index is 343. The highest BCUT2D eigenvalue weighted by Crippen LogP contribution is 2.33. The Kier molecular flexibility index (Phi) is 3.34. The van der Waals surface area contributed by atoms with Gasteiger partial charge in [0.1, 0.15) is 11.6 Å². The lowest BCUT2D eigenvalue weighted by molar-refractivity contribution is 0.266. The fourth-order valence-corrected chi connectivity index (χ4v) is 1.67. The number of benzene rings is 1. The molecular formula is C10H13ClFNO. The van der Waals surface area contributed by atoms with E-state index in [-0.39, 0.29) is 24.3 Å². The van der Waals surface area contributed by atoms with Crippen molar-refractivity contribution in [3.63, 3.8) is 0 Å². The molecule has 0 radical (unpaired) electrons. The van der Waals surface area contributed by atoms with Crippen LogP contribution in [-0.4, -0.2) is 6.61 Å². The molecule has 1 aromatic carbocycles. The predicted molar refractivity (Wildman–Crippen MR) is 55.4 cm³/mol. The third-order valence-electron chi connectivity index (χ3n) is 2.34. The maximum absolute atomic E-state index is 13.0. The highest BCUT2D eigenvalue weighted by atomic mass is 35.5. The molecule has 2 nitrogen and oxygen atoms in total. The second-order valence-corrected chi connectivity index (χ2v) is 3.38. The van der Waals surface area contributed by atoms with Gasteiger partial charge in [0.2, 0.25) is 0 Å². The molecule has 0 unspecified atom stereocenters. The largest absolute Gasteiger partial charge is 0.493 e. The van der Waals surface area contributed by atoms with Crippen LogP contribution in [0.4, 0.5) is 4.39 Å². The van der Waals surface area contributed by atoms with Crippen LogP contribution in [0, 0.1) is 12.7 Å². The summed E-state index contributed by atoms with van der Waals surface area (Å²) in [7, 11) is 0. The van der Waals surface area contributed by atoms with Crippen molar-refractivity contribution in [1.29, 1.82) is 0 Å². The van der Waals surface area contributed by atoms with Gasteiger partial charge < -0.3 is 10.5 Å². The molecule has 1 aliphatic rings. The van der Waals surface area contributed by atoms with Gasteiger partial charge in [0.25, 0.3) is 0 Å². The summed E-state index contributed by atoms with van der Waals surface area (Å²) in [4.78, 5) is 0. The molecule has 0 aromatic heterocycles. The van der Waals surface area contributed by atoms with E-state index in [1.165, 1.54) is 12.1 Å². The van der Waals surface area contributed by atoms with Crippen LogP contribution >= 0.6 is 12.4 Å². The number of nitrogens with two attached hydrogens (primary N) is 1. The quantitative estimate of drug-likeness (QED) is 0.724. The van der Waals surface area contributed by atoms with Gasteiger partial charge in [-0.15, -0.1) is 12.4 Å². The van der Waals surface area contributed by atoms with E-state index in [4.69, 9.17) is 10.5 Å². The van der Waals surface area contributed by atoms with Gasteiger partial charge in [-0.2, -0.15) is 0 Å². The van der Waals surface area contributed by atoms with Gasteiger partial charge in [-0.1, -0.05) is 0 Å². The highest BCUT2D eigenvalue weighted by molar-refractivity contribution is 5.85. The maximum Gasteiger partial charge on any atom is 0.127 e. The lowest BCUT2D eigenvalue weighted by Crippen LogP contribution is -2.21. The van der Waals surface area contributed by atoms with Gasteiger partial charge >= 0.3 is 0 Å². The van der Waals surface area contributed by atoms with Crippen molar-refractivity contribution >= 4 is 12.4 Å². The second-order valence-electron chi connectivity index (χ2n) is 3.38. The molecule has 1 heterocycles. The number of hydrogen-bond acceptors (Lipinski definition) is 2. The summed E-state index contributed by atoms with van der Waals surface area (Å²) in [6.45, 7) is 2.46. The first-order chi connectivity index (χ1) is 6.18. The van der Waals surface area contributed by atoms with E-state index in [1.54, 1.807) is 0 Å². The topological polar surface area (TPSA) is 35.2 Å². The second kappa shape index (κ2) is 4.15. The van der Waals surface area contributed by atoms with Crippen LogP contribution in [-0.2, 0) is 0 Å². The Balaban J connectivity index is 0.000000980. The Hall–Kier alpha value is -0.800. The van der Waals surface area contributed by atoms with Crippen molar-refractivity contribution < 1.29 is 9.13 Å². The molecule has 0 saturated carbocycles. The van der Waals surface area contributed by atoms with E-state index >= 15 is 0 Å². The third-order valence-corrected chi connectivity index (χ3v) is 2.34. The maximum atomic E-state index is 13.0. The summed E-state index contributed by atoms with van der Waals surface area (Å²) >= 11 is 0. The van der Waals surface area contributed by atoms with E-state index < -0.39 is 0 Å². The average Bonchev–Trinajstić information content (AvgIpc) is 2.07. The summed E-state index contributed by atoms with van der Waals surface area (Å²) in [5, 5.41) is 0. The third kappa shape index (κ3) is 1.83. The van der Waals surface area contributed by atoms with E-state index in [2.05, 4.69) is 0 Å². The van der Waals surface area contributed by atoms with Crippen LogP contribution in [0.15, 0.2) is 12.1 Å². The molecule has 0 fully saturated rings. The van der Waals surface area contributed by atoms with Crippen LogP contribution < -0.4 is 10.5 Å². The number of rotatable bonds is 0. The summed E-state index contributed by atoms with van der Waals surface area (Å²) in [5.41, 5.74) is 7.46. The smallest absolute Gasteiger partial charge is 0.127 e. The van der Waals surface area contributed by atoms with Crippen molar-refractivity contribution in [2.75, 3.05) is 6.61 Å². The van der Waals surface area contributed by atoms with Crippen molar-refractivity contribution in [2.24, 2.45) is 5.73 Å². The minimum atomic E-state index is -0.239. The molecular weight excluding hydrogens is 205 g/mol. The predicted octanol–water partition coefficient (Wildman–Crippen LogP) is 2.34. The van der Waals surface area contributed by atoms with E-state index in [9.17, 15) is 4.39 Å². The molecule has 0 spiro atoms. The van der Waals surface area contributed by atoms with E-state index in [0.29, 0.717) is 6.61 Å². The normalized spacial score (nSPS) is 19.2. The van der Waals surface area contributed by atoms with Crippen LogP contribution in [0.3, 0.4) is 0 Å². The molecule has 1 aromatic rings. The van der Waals surface area contributed by atoms with Crippen molar-refractivity contribution in [3.8, 4) is 5.75 Å². The summed E-state index contributed by atoms with van der Waals surface area (Å²) in [5.74, 6) is 0.525. The standard InChI is InChI=1S/C10H12FNO.ClH/c1-6-4-7(11)5-8-9(12)2-3-13-10(6)8;/h4-5,9H,2-3,12H2,1H3;1H/t9-;/m0./s1. The lowest BCUT2D eigenvalue weighted by Gasteiger charge is -2.24. The molecule has 14 heavy (non-hydrogen) atoms. The first kappa shape index (κ1) is 11.3. The molecule has 0 amide bonds. The lowest BCUT2D eigenvalue weighted by atomic mass is 9.99. The highest BCUT2D eigenvalue weighted by Gasteiger charge is 2.20. The Labute approximate surface area is 88.7 Å². The van der Waals surface area contributed by atoms with Gasteiger partial charge in [0, 0.05) is 18.0 Å². The molecule has 4 heteroatoms. The minimum Gasteiger partial charge on any atom is -0.493 e. The van der Waals surface area contributed by atoms with Crippen LogP contribution in [0.1, 0.15) is 23.6 Å². The molecule has 78 valence electrons. The van der Waals surface area contributed by atoms with Gasteiger partial charge in [0.15, 0.2) is 0 Å². The Morgan fingerprint density at radius 1 is 1.50 bits per heavy atom. The van der Waals surface area contributed by atoms with Crippen molar-refractivity contribution in [1.82, 2.24) is 0 Å². The van der Waals surface area contributed by atoms with Gasteiger partial charge in [0.05, 0.1) is 6.61 Å². The van der Waals surface area contributed by atoms with Crippen molar-refractivity contribution in [3.05, 3.63) is 29.1 Å². The summed E-state index contributed by atoms with van der Waals surface area (Å²) < 4.78 is 18.5. The minimum absolute atomic E-state index is 0. The van der Waals surface area contributed by atoms with Crippen molar-refractivity contribution in [2.45, 2.75) is 19.4 Å². The summed E-state index contributed by atoms with van der Waals surface area (Å²) in [6, 6.07) is 2.85. The number of hydrogen-bond donors (Lipinski definition) is 1. The number of fused-ring (bicyclic) bond motifs is 1. The van der Waals surface area contributed by atoms with E-state index in [0.717, 1.165) is 23.3 Å².